The van der Waals surface area contributed by atoms with Gasteiger partial charge in [0, 0.05) is 44.8 Å². The van der Waals surface area contributed by atoms with Crippen molar-refractivity contribution in [3.05, 3.63) is 84.9 Å². The van der Waals surface area contributed by atoms with Crippen molar-refractivity contribution < 1.29 is 43.0 Å². The molecule has 5 heterocycles. The molecule has 1 radical (unpaired) electrons. The third-order valence-corrected chi connectivity index (χ3v) is 9.70. The SMILES string of the molecule is O=S(=O)([O-])c1ccc2c3nc4nc(nc5[n-]c(nc6nc(nc([n-]3)c2c1)-c1ccccc1-6)c1ccc(S(=O)(=O)[O-])cc51)-c1ccccc1-4.[Cu+2]. The van der Waals surface area contributed by atoms with Gasteiger partial charge in [-0.1, -0.05) is 60.7 Å². The van der Waals surface area contributed by atoms with E-state index in [0.717, 1.165) is 0 Å². The first-order valence-electron chi connectivity index (χ1n) is 14.1. The summed E-state index contributed by atoms with van der Waals surface area (Å²) in [5, 5.41) is 1.35. The number of rotatable bonds is 2. The second-order valence-corrected chi connectivity index (χ2v) is 13.7. The first-order chi connectivity index (χ1) is 23.0. The summed E-state index contributed by atoms with van der Waals surface area (Å²) in [6, 6.07) is 22.0. The Balaban J connectivity index is 0.00000348. The van der Waals surface area contributed by atoms with Crippen LogP contribution in [0, 0.1) is 0 Å². The van der Waals surface area contributed by atoms with Crippen LogP contribution in [0.15, 0.2) is 94.7 Å². The van der Waals surface area contributed by atoms with Crippen molar-refractivity contribution in [3.8, 4) is 45.6 Å². The largest absolute Gasteiger partial charge is 2.00 e. The summed E-state index contributed by atoms with van der Waals surface area (Å²) in [4.78, 5) is 36.6. The molecular formula is C32H14CuN8O6S2-2. The molecule has 0 saturated carbocycles. The van der Waals surface area contributed by atoms with Gasteiger partial charge in [0.2, 0.25) is 0 Å². The molecule has 0 saturated heterocycles. The molecule has 0 amide bonds. The Morgan fingerprint density at radius 3 is 1.04 bits per heavy atom. The minimum Gasteiger partial charge on any atom is -0.744 e. The van der Waals surface area contributed by atoms with Crippen LogP contribution in [0.25, 0.3) is 89.7 Å². The van der Waals surface area contributed by atoms with E-state index in [-0.39, 0.29) is 73.7 Å². The van der Waals surface area contributed by atoms with E-state index in [4.69, 9.17) is 19.9 Å². The molecule has 0 N–H and O–H groups in total. The zero-order valence-corrected chi connectivity index (χ0v) is 26.8. The van der Waals surface area contributed by atoms with Crippen LogP contribution in [-0.4, -0.2) is 55.8 Å². The quantitative estimate of drug-likeness (QED) is 0.182. The molecule has 0 fully saturated rings. The summed E-state index contributed by atoms with van der Waals surface area (Å²) in [7, 11) is -9.61. The number of hydrogen-bond acceptors (Lipinski definition) is 12. The van der Waals surface area contributed by atoms with Crippen LogP contribution in [0.4, 0.5) is 0 Å². The Kier molecular flexibility index (Phi) is 6.80. The van der Waals surface area contributed by atoms with E-state index in [1.54, 1.807) is 48.5 Å². The smallest absolute Gasteiger partial charge is 0.744 e. The van der Waals surface area contributed by atoms with Crippen molar-refractivity contribution in [1.82, 2.24) is 39.9 Å². The predicted molar refractivity (Wildman–Crippen MR) is 170 cm³/mol. The molecular weight excluding hydrogens is 720 g/mol. The Labute approximate surface area is 286 Å². The molecule has 9 rings (SSSR count). The van der Waals surface area contributed by atoms with Gasteiger partial charge in [-0.2, -0.15) is 0 Å². The van der Waals surface area contributed by atoms with E-state index >= 15 is 0 Å². The van der Waals surface area contributed by atoms with Gasteiger partial charge in [0.05, 0.1) is 33.1 Å². The van der Waals surface area contributed by atoms with Gasteiger partial charge in [0.15, 0.2) is 0 Å². The van der Waals surface area contributed by atoms with Crippen molar-refractivity contribution in [1.29, 1.82) is 0 Å². The molecule has 2 aliphatic rings. The summed E-state index contributed by atoms with van der Waals surface area (Å²) >= 11 is 0. The summed E-state index contributed by atoms with van der Waals surface area (Å²) in [5.41, 5.74) is 2.85. The number of hydrogen-bond donors (Lipinski definition) is 0. The van der Waals surface area contributed by atoms with Crippen LogP contribution in [0.2, 0.25) is 0 Å². The third kappa shape index (κ3) is 4.99. The second-order valence-electron chi connectivity index (χ2n) is 10.9. The maximum atomic E-state index is 12.0. The van der Waals surface area contributed by atoms with Gasteiger partial charge in [0.25, 0.3) is 0 Å². The van der Waals surface area contributed by atoms with Crippen molar-refractivity contribution in [2.24, 2.45) is 0 Å². The molecule has 49 heavy (non-hydrogen) atoms. The fourth-order valence-electron chi connectivity index (χ4n) is 5.83. The molecule has 3 aromatic heterocycles. The van der Waals surface area contributed by atoms with Gasteiger partial charge in [-0.25, -0.2) is 26.8 Å². The van der Waals surface area contributed by atoms with Crippen LogP contribution < -0.4 is 9.97 Å². The molecule has 7 aromatic rings. The van der Waals surface area contributed by atoms with Gasteiger partial charge < -0.3 is 39.0 Å². The van der Waals surface area contributed by atoms with E-state index in [2.05, 4.69) is 19.9 Å². The summed E-state index contributed by atoms with van der Waals surface area (Å²) < 4.78 is 71.8. The topological polar surface area (TPSA) is 220 Å². The van der Waals surface area contributed by atoms with Crippen LogP contribution in [0.1, 0.15) is 0 Å². The molecule has 0 atom stereocenters. The summed E-state index contributed by atoms with van der Waals surface area (Å²) in [6.45, 7) is 0. The zero-order valence-electron chi connectivity index (χ0n) is 24.2. The second kappa shape index (κ2) is 10.8. The van der Waals surface area contributed by atoms with Crippen LogP contribution >= 0.6 is 0 Å². The average molecular weight is 734 g/mol. The van der Waals surface area contributed by atoms with Gasteiger partial charge in [-0.3, -0.25) is 0 Å². The Bertz CT molecular complexity index is 2780. The normalized spacial score (nSPS) is 12.4. The van der Waals surface area contributed by atoms with Gasteiger partial charge >= 0.3 is 17.1 Å². The first kappa shape index (κ1) is 30.9. The Morgan fingerprint density at radius 2 is 0.735 bits per heavy atom. The molecule has 17 heteroatoms. The minimum absolute atomic E-state index is 0. The number of fused-ring (bicyclic) bond motifs is 20. The van der Waals surface area contributed by atoms with E-state index in [1.165, 1.54) is 36.4 Å². The Hall–Kier alpha value is -5.42. The molecule has 243 valence electrons. The minimum atomic E-state index is -4.81. The van der Waals surface area contributed by atoms with Gasteiger partial charge in [0.1, 0.15) is 20.2 Å². The standard InChI is InChI=1S/C32H16N8O6S2.Cu/c41-47(42,43)15-9-11-21-23(13-15)32-38-28-20-8-4-2-6-18(20)26(34-28)36-30-22-12-10-16(48(44,45)46)14-24(22)31(40-30)37-27-19-7-3-1-5-17(19)25(33-27)35-29(21)39-32;/h1-14H,(H2-2,33,34,35,36,37,38,39,40,41,42,43,44,45,46);/q-2;+2/p-2. The molecule has 4 aromatic carbocycles. The third-order valence-electron chi connectivity index (χ3n) is 8.04. The number of aromatic nitrogens is 8. The number of benzene rings is 4. The van der Waals surface area contributed by atoms with E-state index < -0.39 is 30.0 Å². The zero-order chi connectivity index (χ0) is 32.9. The fourth-order valence-corrected chi connectivity index (χ4v) is 6.82. The van der Waals surface area contributed by atoms with Crippen molar-refractivity contribution in [2.45, 2.75) is 9.79 Å². The molecule has 2 aliphatic heterocycles. The maximum Gasteiger partial charge on any atom is 2.00 e. The summed E-state index contributed by atoms with van der Waals surface area (Å²) in [6.07, 6.45) is 0. The summed E-state index contributed by atoms with van der Waals surface area (Å²) in [5.74, 6) is 0.867. The molecule has 0 unspecified atom stereocenters. The van der Waals surface area contributed by atoms with E-state index in [9.17, 15) is 25.9 Å². The first-order valence-corrected chi connectivity index (χ1v) is 16.9. The van der Waals surface area contributed by atoms with Crippen molar-refractivity contribution in [2.75, 3.05) is 0 Å². The van der Waals surface area contributed by atoms with Crippen LogP contribution in [-0.2, 0) is 37.3 Å². The maximum absolute atomic E-state index is 12.0. The molecule has 8 bridgehead atoms. The van der Waals surface area contributed by atoms with E-state index in [0.29, 0.717) is 33.0 Å². The van der Waals surface area contributed by atoms with Crippen molar-refractivity contribution in [3.63, 3.8) is 0 Å². The van der Waals surface area contributed by atoms with Crippen LogP contribution in [0.3, 0.4) is 0 Å². The van der Waals surface area contributed by atoms with Gasteiger partial charge in [-0.05, 0) is 45.8 Å². The predicted octanol–water partition coefficient (Wildman–Crippen LogP) is 3.93. The van der Waals surface area contributed by atoms with Crippen molar-refractivity contribution >= 4 is 64.4 Å². The molecule has 0 spiro atoms. The molecule has 0 aliphatic carbocycles. The van der Waals surface area contributed by atoms with Gasteiger partial charge in [-0.15, -0.1) is 0 Å². The van der Waals surface area contributed by atoms with Crippen LogP contribution in [0.5, 0.6) is 0 Å². The van der Waals surface area contributed by atoms with E-state index in [1.807, 2.05) is 0 Å². The number of nitrogens with zero attached hydrogens (tertiary/aromatic N) is 8. The Morgan fingerprint density at radius 1 is 0.429 bits per heavy atom. The molecule has 14 nitrogen and oxygen atoms in total. The monoisotopic (exact) mass is 733 g/mol. The average Bonchev–Trinajstić information content (AvgIpc) is 3.79. The fraction of sp³-hybridized carbons (Fsp3) is 0.